The molecule has 1 fully saturated rings. The molecule has 0 radical (unpaired) electrons. The summed E-state index contributed by atoms with van der Waals surface area (Å²) in [7, 11) is 0. The number of nitrogens with zero attached hydrogens (tertiary/aromatic N) is 3. The Hall–Kier alpha value is -2.88. The van der Waals surface area contributed by atoms with Crippen molar-refractivity contribution in [1.82, 2.24) is 20.3 Å². The number of carbonyl (C=O) groups excluding carboxylic acids is 1. The lowest BCUT2D eigenvalue weighted by molar-refractivity contribution is -0.122. The molecule has 1 aromatic carbocycles. The number of nitrogens with one attached hydrogen (secondary N) is 2. The first kappa shape index (κ1) is 18.5. The summed E-state index contributed by atoms with van der Waals surface area (Å²) < 4.78 is 25.7. The van der Waals surface area contributed by atoms with E-state index in [2.05, 4.69) is 20.3 Å². The highest BCUT2D eigenvalue weighted by molar-refractivity contribution is 7.21. The number of fused-ring (bicyclic) bond motifs is 1. The molecule has 3 aromatic rings. The van der Waals surface area contributed by atoms with Crippen LogP contribution in [0.5, 0.6) is 0 Å². The summed E-state index contributed by atoms with van der Waals surface area (Å²) in [5, 5.41) is 3.36. The molecular formula is C18H17F2N5O2S. The van der Waals surface area contributed by atoms with E-state index >= 15 is 0 Å². The van der Waals surface area contributed by atoms with Crippen LogP contribution in [0.1, 0.15) is 30.7 Å². The van der Waals surface area contributed by atoms with Crippen molar-refractivity contribution >= 4 is 32.7 Å². The van der Waals surface area contributed by atoms with E-state index in [1.165, 1.54) is 0 Å². The molecule has 2 aromatic heterocycles. The van der Waals surface area contributed by atoms with Gasteiger partial charge in [0.1, 0.15) is 6.04 Å². The summed E-state index contributed by atoms with van der Waals surface area (Å²) in [5.74, 6) is -0.804. The third-order valence-corrected chi connectivity index (χ3v) is 5.58. The van der Waals surface area contributed by atoms with E-state index in [-0.39, 0.29) is 16.3 Å². The van der Waals surface area contributed by atoms with Crippen LogP contribution in [0.3, 0.4) is 0 Å². The number of halogens is 2. The van der Waals surface area contributed by atoms with Crippen LogP contribution in [0.25, 0.3) is 10.3 Å². The Morgan fingerprint density at radius 3 is 2.86 bits per heavy atom. The SMILES string of the molecule is O=C(NCc1ccccc1)[C@H]1CCCN1c1nc2c(=O)[nH]c(C(F)F)nc2s1. The number of alkyl halides is 2. The van der Waals surface area contributed by atoms with Gasteiger partial charge in [-0.3, -0.25) is 9.59 Å². The zero-order valence-corrected chi connectivity index (χ0v) is 15.5. The number of benzene rings is 1. The second-order valence-corrected chi connectivity index (χ2v) is 7.41. The summed E-state index contributed by atoms with van der Waals surface area (Å²) in [4.78, 5) is 36.8. The van der Waals surface area contributed by atoms with Crippen LogP contribution in [-0.2, 0) is 11.3 Å². The molecule has 3 heterocycles. The van der Waals surface area contributed by atoms with Gasteiger partial charge in [0.2, 0.25) is 5.91 Å². The van der Waals surface area contributed by atoms with E-state index in [0.717, 1.165) is 23.3 Å². The van der Waals surface area contributed by atoms with Gasteiger partial charge in [0.25, 0.3) is 12.0 Å². The zero-order chi connectivity index (χ0) is 19.7. The number of carbonyl (C=O) groups is 1. The molecule has 0 spiro atoms. The van der Waals surface area contributed by atoms with Gasteiger partial charge in [0.05, 0.1) is 0 Å². The summed E-state index contributed by atoms with van der Waals surface area (Å²) >= 11 is 1.05. The fourth-order valence-corrected chi connectivity index (χ4v) is 4.26. The third kappa shape index (κ3) is 3.59. The number of aromatic nitrogens is 3. The number of amides is 1. The first-order valence-electron chi connectivity index (χ1n) is 8.80. The summed E-state index contributed by atoms with van der Waals surface area (Å²) in [6, 6.07) is 9.16. The van der Waals surface area contributed by atoms with E-state index in [4.69, 9.17) is 0 Å². The first-order valence-corrected chi connectivity index (χ1v) is 9.62. The maximum Gasteiger partial charge on any atom is 0.295 e. The van der Waals surface area contributed by atoms with Crippen molar-refractivity contribution in [3.8, 4) is 0 Å². The van der Waals surface area contributed by atoms with Gasteiger partial charge in [0.15, 0.2) is 21.3 Å². The molecular weight excluding hydrogens is 388 g/mol. The van der Waals surface area contributed by atoms with Crippen LogP contribution in [-0.4, -0.2) is 33.4 Å². The molecule has 0 aliphatic carbocycles. The van der Waals surface area contributed by atoms with Crippen molar-refractivity contribution in [3.63, 3.8) is 0 Å². The Bertz CT molecular complexity index is 1050. The Balaban J connectivity index is 1.55. The highest BCUT2D eigenvalue weighted by atomic mass is 32.1. The van der Waals surface area contributed by atoms with Gasteiger partial charge in [0, 0.05) is 13.1 Å². The minimum Gasteiger partial charge on any atom is -0.350 e. The van der Waals surface area contributed by atoms with Gasteiger partial charge < -0.3 is 15.2 Å². The van der Waals surface area contributed by atoms with E-state index in [9.17, 15) is 18.4 Å². The maximum absolute atomic E-state index is 12.9. The monoisotopic (exact) mass is 405 g/mol. The number of hydrogen-bond acceptors (Lipinski definition) is 6. The van der Waals surface area contributed by atoms with Crippen LogP contribution in [0, 0.1) is 0 Å². The maximum atomic E-state index is 12.9. The Kier molecular flexibility index (Phi) is 5.03. The molecule has 1 saturated heterocycles. The average molecular weight is 405 g/mol. The second-order valence-electron chi connectivity index (χ2n) is 6.46. The predicted molar refractivity (Wildman–Crippen MR) is 102 cm³/mol. The lowest BCUT2D eigenvalue weighted by Gasteiger charge is -2.23. The normalized spacial score (nSPS) is 16.8. The molecule has 146 valence electrons. The molecule has 0 unspecified atom stereocenters. The standard InChI is InChI=1S/C18H17F2N5O2S/c19-13(20)14-23-16(27)12-17(24-14)28-18(22-12)25-8-4-7-11(25)15(26)21-9-10-5-2-1-3-6-10/h1-3,5-6,11,13H,4,7-9H2,(H,21,26)(H,23,24,27)/t11-/m1/s1. The molecule has 10 heteroatoms. The molecule has 0 saturated carbocycles. The third-order valence-electron chi connectivity index (χ3n) is 4.59. The van der Waals surface area contributed by atoms with Gasteiger partial charge in [-0.15, -0.1) is 0 Å². The summed E-state index contributed by atoms with van der Waals surface area (Å²) in [6.07, 6.45) is -1.42. The van der Waals surface area contributed by atoms with E-state index in [1.54, 1.807) is 0 Å². The highest BCUT2D eigenvalue weighted by Gasteiger charge is 2.33. The van der Waals surface area contributed by atoms with Crippen molar-refractivity contribution in [2.24, 2.45) is 0 Å². The van der Waals surface area contributed by atoms with Crippen LogP contribution in [0.15, 0.2) is 35.1 Å². The average Bonchev–Trinajstić information content (AvgIpc) is 3.33. The largest absolute Gasteiger partial charge is 0.350 e. The lowest BCUT2D eigenvalue weighted by atomic mass is 10.2. The fraction of sp³-hybridized carbons (Fsp3) is 0.333. The van der Waals surface area contributed by atoms with Crippen molar-refractivity contribution in [2.75, 3.05) is 11.4 Å². The number of H-pyrrole nitrogens is 1. The Morgan fingerprint density at radius 2 is 2.11 bits per heavy atom. The molecule has 7 nitrogen and oxygen atoms in total. The summed E-state index contributed by atoms with van der Waals surface area (Å²) in [5.41, 5.74) is 0.308. The van der Waals surface area contributed by atoms with Gasteiger partial charge in [-0.05, 0) is 18.4 Å². The van der Waals surface area contributed by atoms with E-state index < -0.39 is 23.9 Å². The fourth-order valence-electron chi connectivity index (χ4n) is 3.23. The number of thiazole rings is 1. The number of aromatic amines is 1. The second kappa shape index (κ2) is 7.63. The number of rotatable bonds is 5. The van der Waals surface area contributed by atoms with Crippen molar-refractivity contribution in [3.05, 3.63) is 52.1 Å². The van der Waals surface area contributed by atoms with Crippen LogP contribution < -0.4 is 15.8 Å². The topological polar surface area (TPSA) is 91.0 Å². The van der Waals surface area contributed by atoms with Crippen molar-refractivity contribution in [2.45, 2.75) is 31.9 Å². The molecule has 1 aliphatic rings. The molecule has 0 bridgehead atoms. The smallest absolute Gasteiger partial charge is 0.295 e. The van der Waals surface area contributed by atoms with Crippen molar-refractivity contribution < 1.29 is 13.6 Å². The van der Waals surface area contributed by atoms with Gasteiger partial charge >= 0.3 is 0 Å². The molecule has 1 amide bonds. The van der Waals surface area contributed by atoms with Gasteiger partial charge in [-0.1, -0.05) is 41.7 Å². The minimum absolute atomic E-state index is 0.0137. The van der Waals surface area contributed by atoms with Crippen LogP contribution >= 0.6 is 11.3 Å². The number of anilines is 1. The number of hydrogen-bond donors (Lipinski definition) is 2. The molecule has 1 atom stereocenters. The van der Waals surface area contributed by atoms with Gasteiger partial charge in [-0.2, -0.15) is 0 Å². The lowest BCUT2D eigenvalue weighted by Crippen LogP contribution is -2.43. The Morgan fingerprint density at radius 1 is 1.32 bits per heavy atom. The van der Waals surface area contributed by atoms with Crippen molar-refractivity contribution in [1.29, 1.82) is 0 Å². The molecule has 2 N–H and O–H groups in total. The molecule has 1 aliphatic heterocycles. The minimum atomic E-state index is -2.87. The zero-order valence-electron chi connectivity index (χ0n) is 14.7. The highest BCUT2D eigenvalue weighted by Crippen LogP contribution is 2.32. The predicted octanol–water partition coefficient (Wildman–Crippen LogP) is 2.60. The molecule has 4 rings (SSSR count). The van der Waals surface area contributed by atoms with E-state index in [1.807, 2.05) is 35.2 Å². The first-order chi connectivity index (χ1) is 13.5. The van der Waals surface area contributed by atoms with E-state index in [0.29, 0.717) is 24.6 Å². The summed E-state index contributed by atoms with van der Waals surface area (Å²) in [6.45, 7) is 1.02. The molecule has 28 heavy (non-hydrogen) atoms. The van der Waals surface area contributed by atoms with Crippen LogP contribution in [0.2, 0.25) is 0 Å². The van der Waals surface area contributed by atoms with Gasteiger partial charge in [-0.25, -0.2) is 18.7 Å². The Labute approximate surface area is 162 Å². The van der Waals surface area contributed by atoms with Crippen LogP contribution in [0.4, 0.5) is 13.9 Å². The quantitative estimate of drug-likeness (QED) is 0.681.